The highest BCUT2D eigenvalue weighted by Crippen LogP contribution is 2.22. The monoisotopic (exact) mass is 390 g/mol. The Bertz CT molecular complexity index is 869. The fraction of sp³-hybridized carbons (Fsp3) is 0.429. The molecule has 3 N–H and O–H groups in total. The maximum absolute atomic E-state index is 11.6. The molecule has 0 aliphatic rings. The van der Waals surface area contributed by atoms with Crippen LogP contribution in [0, 0.1) is 26.7 Å². The van der Waals surface area contributed by atoms with Crippen molar-refractivity contribution in [3.63, 3.8) is 0 Å². The Labute approximate surface area is 163 Å². The third kappa shape index (κ3) is 5.79. The number of nitrogens with one attached hydrogen (secondary N) is 2. The zero-order valence-corrected chi connectivity index (χ0v) is 17.5. The lowest BCUT2D eigenvalue weighted by Gasteiger charge is -2.25. The Balaban J connectivity index is 2.10. The molecule has 2 rings (SSSR count). The van der Waals surface area contributed by atoms with E-state index in [0.717, 1.165) is 12.2 Å². The molecule has 0 aliphatic carbocycles. The summed E-state index contributed by atoms with van der Waals surface area (Å²) >= 11 is 0. The van der Waals surface area contributed by atoms with E-state index in [1.54, 1.807) is 18.2 Å². The molecule has 0 saturated heterocycles. The van der Waals surface area contributed by atoms with Gasteiger partial charge in [-0.25, -0.2) is 0 Å². The number of hydrogen-bond acceptors (Lipinski definition) is 4. The molecule has 148 valence electrons. The average Bonchev–Trinajstić information content (AvgIpc) is 2.55. The number of aryl methyl sites for hydroxylation is 3. The minimum Gasteiger partial charge on any atom is -0.383 e. The fourth-order valence-corrected chi connectivity index (χ4v) is 4.08. The standard InChI is InChI=1S/C21H30N2O3S/c1-14(2)19(13-23-21-16(4)10-15(3)11-17(21)5)22-12-18-8-6-7-9-20(18)27(24,25)26/h6-11,14,19,22-23H,12-13H2,1-5H3,(H,24,25,26)/t19-/m1/s1. The van der Waals surface area contributed by atoms with E-state index in [9.17, 15) is 13.0 Å². The van der Waals surface area contributed by atoms with E-state index in [1.807, 2.05) is 0 Å². The minimum absolute atomic E-state index is 0.0433. The van der Waals surface area contributed by atoms with Gasteiger partial charge in [0.05, 0.1) is 4.90 Å². The van der Waals surface area contributed by atoms with Crippen molar-refractivity contribution in [2.45, 2.75) is 52.1 Å². The first kappa shape index (κ1) is 21.4. The largest absolute Gasteiger partial charge is 0.383 e. The molecule has 2 aromatic carbocycles. The third-order valence-electron chi connectivity index (χ3n) is 4.79. The molecule has 5 nitrogen and oxygen atoms in total. The van der Waals surface area contributed by atoms with Gasteiger partial charge in [-0.1, -0.05) is 49.7 Å². The summed E-state index contributed by atoms with van der Waals surface area (Å²) in [5.41, 5.74) is 5.38. The van der Waals surface area contributed by atoms with Gasteiger partial charge in [0, 0.05) is 24.8 Å². The number of hydrogen-bond donors (Lipinski definition) is 3. The van der Waals surface area contributed by atoms with Crippen molar-refractivity contribution in [1.29, 1.82) is 0 Å². The van der Waals surface area contributed by atoms with E-state index in [-0.39, 0.29) is 10.9 Å². The van der Waals surface area contributed by atoms with Gasteiger partial charge in [0.25, 0.3) is 10.1 Å². The van der Waals surface area contributed by atoms with Crippen molar-refractivity contribution in [3.05, 3.63) is 58.7 Å². The van der Waals surface area contributed by atoms with E-state index < -0.39 is 10.1 Å². The molecule has 0 radical (unpaired) electrons. The predicted octanol–water partition coefficient (Wildman–Crippen LogP) is 4.08. The first-order valence-corrected chi connectivity index (χ1v) is 10.6. The molecule has 0 spiro atoms. The second kappa shape index (κ2) is 8.87. The molecule has 0 heterocycles. The van der Waals surface area contributed by atoms with Crippen LogP contribution >= 0.6 is 0 Å². The van der Waals surface area contributed by atoms with Gasteiger partial charge in [0.2, 0.25) is 0 Å². The summed E-state index contributed by atoms with van der Waals surface area (Å²) in [4.78, 5) is -0.0433. The van der Waals surface area contributed by atoms with Crippen molar-refractivity contribution in [3.8, 4) is 0 Å². The van der Waals surface area contributed by atoms with Crippen LogP contribution in [0.15, 0.2) is 41.3 Å². The molecule has 0 unspecified atom stereocenters. The summed E-state index contributed by atoms with van der Waals surface area (Å²) in [5.74, 6) is 0.349. The predicted molar refractivity (Wildman–Crippen MR) is 111 cm³/mol. The first-order valence-electron chi connectivity index (χ1n) is 9.20. The van der Waals surface area contributed by atoms with Gasteiger partial charge in [0.1, 0.15) is 0 Å². The van der Waals surface area contributed by atoms with E-state index in [2.05, 4.69) is 57.4 Å². The smallest absolute Gasteiger partial charge is 0.294 e. The summed E-state index contributed by atoms with van der Waals surface area (Å²) in [5, 5.41) is 6.97. The molecule has 0 aromatic heterocycles. The highest BCUT2D eigenvalue weighted by molar-refractivity contribution is 7.85. The fourth-order valence-electron chi connectivity index (χ4n) is 3.36. The highest BCUT2D eigenvalue weighted by atomic mass is 32.2. The second-order valence-corrected chi connectivity index (χ2v) is 8.86. The lowest BCUT2D eigenvalue weighted by molar-refractivity contribution is 0.410. The lowest BCUT2D eigenvalue weighted by atomic mass is 10.0. The Kier molecular flexibility index (Phi) is 7.03. The van der Waals surface area contributed by atoms with Crippen LogP contribution in [-0.4, -0.2) is 25.6 Å². The van der Waals surface area contributed by atoms with Gasteiger partial charge in [-0.15, -0.1) is 0 Å². The molecule has 0 fully saturated rings. The Morgan fingerprint density at radius 3 is 2.19 bits per heavy atom. The van der Waals surface area contributed by atoms with Gasteiger partial charge in [0.15, 0.2) is 0 Å². The van der Waals surface area contributed by atoms with E-state index in [0.29, 0.717) is 18.0 Å². The van der Waals surface area contributed by atoms with Gasteiger partial charge in [-0.3, -0.25) is 4.55 Å². The molecule has 6 heteroatoms. The average molecular weight is 391 g/mol. The second-order valence-electron chi connectivity index (χ2n) is 7.47. The molecule has 0 aliphatic heterocycles. The molecule has 1 atom stereocenters. The summed E-state index contributed by atoms with van der Waals surface area (Å²) in [6.07, 6.45) is 0. The zero-order chi connectivity index (χ0) is 20.2. The van der Waals surface area contributed by atoms with Crippen molar-refractivity contribution in [2.24, 2.45) is 5.92 Å². The van der Waals surface area contributed by atoms with Crippen LogP contribution in [0.4, 0.5) is 5.69 Å². The van der Waals surface area contributed by atoms with Crippen molar-refractivity contribution in [1.82, 2.24) is 5.32 Å². The van der Waals surface area contributed by atoms with Crippen LogP contribution in [0.5, 0.6) is 0 Å². The number of rotatable bonds is 8. The van der Waals surface area contributed by atoms with Crippen molar-refractivity contribution in [2.75, 3.05) is 11.9 Å². The van der Waals surface area contributed by atoms with Crippen LogP contribution in [0.2, 0.25) is 0 Å². The molecule has 0 saturated carbocycles. The Morgan fingerprint density at radius 1 is 1.04 bits per heavy atom. The van der Waals surface area contributed by atoms with E-state index in [1.165, 1.54) is 22.8 Å². The van der Waals surface area contributed by atoms with Gasteiger partial charge in [-0.2, -0.15) is 8.42 Å². The topological polar surface area (TPSA) is 78.4 Å². The van der Waals surface area contributed by atoms with Crippen LogP contribution in [0.25, 0.3) is 0 Å². The van der Waals surface area contributed by atoms with Crippen molar-refractivity contribution < 1.29 is 13.0 Å². The Hall–Kier alpha value is -1.89. The molecule has 27 heavy (non-hydrogen) atoms. The van der Waals surface area contributed by atoms with Crippen LogP contribution < -0.4 is 10.6 Å². The molecule has 0 amide bonds. The maximum Gasteiger partial charge on any atom is 0.294 e. The summed E-state index contributed by atoms with van der Waals surface area (Å²) < 4.78 is 32.5. The lowest BCUT2D eigenvalue weighted by Crippen LogP contribution is -2.39. The molecular weight excluding hydrogens is 360 g/mol. The Morgan fingerprint density at radius 2 is 1.63 bits per heavy atom. The van der Waals surface area contributed by atoms with Crippen LogP contribution in [-0.2, 0) is 16.7 Å². The number of benzene rings is 2. The zero-order valence-electron chi connectivity index (χ0n) is 16.7. The maximum atomic E-state index is 11.6. The van der Waals surface area contributed by atoms with Gasteiger partial charge in [-0.05, 0) is 49.4 Å². The SMILES string of the molecule is Cc1cc(C)c(NC[C@@H](NCc2ccccc2S(=O)(=O)O)C(C)C)c(C)c1. The highest BCUT2D eigenvalue weighted by Gasteiger charge is 2.18. The van der Waals surface area contributed by atoms with Gasteiger partial charge < -0.3 is 10.6 Å². The van der Waals surface area contributed by atoms with E-state index >= 15 is 0 Å². The summed E-state index contributed by atoms with van der Waals surface area (Å²) in [7, 11) is -4.23. The summed E-state index contributed by atoms with van der Waals surface area (Å²) in [6.45, 7) is 11.6. The minimum atomic E-state index is -4.23. The van der Waals surface area contributed by atoms with Crippen molar-refractivity contribution >= 4 is 15.8 Å². The van der Waals surface area contributed by atoms with E-state index in [4.69, 9.17) is 0 Å². The third-order valence-corrected chi connectivity index (χ3v) is 5.74. The molecule has 0 bridgehead atoms. The van der Waals surface area contributed by atoms with Gasteiger partial charge >= 0.3 is 0 Å². The normalized spacial score (nSPS) is 13.0. The van der Waals surface area contributed by atoms with Crippen LogP contribution in [0.3, 0.4) is 0 Å². The van der Waals surface area contributed by atoms with Crippen LogP contribution in [0.1, 0.15) is 36.1 Å². The summed E-state index contributed by atoms with van der Waals surface area (Å²) in [6, 6.07) is 11.0. The number of anilines is 1. The first-order chi connectivity index (χ1) is 12.6. The quantitative estimate of drug-likeness (QED) is 0.592. The molecular formula is C21H30N2O3S. The molecule has 2 aromatic rings.